The number of amides is 1. The minimum atomic E-state index is -1.18. The van der Waals surface area contributed by atoms with E-state index in [0.29, 0.717) is 11.3 Å². The molecule has 1 aliphatic rings. The van der Waals surface area contributed by atoms with Gasteiger partial charge < -0.3 is 15.5 Å². The Bertz CT molecular complexity index is 1060. The largest absolute Gasteiger partial charge is 0.505 e. The highest BCUT2D eigenvalue weighted by Gasteiger charge is 2.33. The molecule has 3 N–H and O–H groups in total. The first kappa shape index (κ1) is 21.2. The molecule has 154 valence electrons. The number of aliphatic hydroxyl groups excluding tert-OH is 1. The number of fused-ring (bicyclic) bond motifs is 1. The number of rotatable bonds is 6. The summed E-state index contributed by atoms with van der Waals surface area (Å²) in [5.74, 6) is -2.17. The molecule has 0 fully saturated rings. The summed E-state index contributed by atoms with van der Waals surface area (Å²) in [6.07, 6.45) is 3.29. The van der Waals surface area contributed by atoms with Crippen LogP contribution in [0.4, 0.5) is 0 Å². The summed E-state index contributed by atoms with van der Waals surface area (Å²) in [4.78, 5) is 25.5. The third kappa shape index (κ3) is 4.38. The number of hydrazone groups is 1. The lowest BCUT2D eigenvalue weighted by atomic mass is 9.96. The molecule has 1 heterocycles. The lowest BCUT2D eigenvalue weighted by molar-refractivity contribution is -0.137. The molecule has 0 unspecified atom stereocenters. The predicted molar refractivity (Wildman–Crippen MR) is 117 cm³/mol. The molecular weight excluding hydrogens is 402 g/mol. The zero-order chi connectivity index (χ0) is 21.7. The molecule has 0 aliphatic carbocycles. The summed E-state index contributed by atoms with van der Waals surface area (Å²) in [5, 5.41) is 27.6. The molecule has 3 rings (SSSR count). The number of aliphatic carboxylic acids is 1. The van der Waals surface area contributed by atoms with E-state index in [-0.39, 0.29) is 11.5 Å². The Morgan fingerprint density at radius 3 is 2.47 bits per heavy atom. The summed E-state index contributed by atoms with van der Waals surface area (Å²) >= 11 is 1.58. The van der Waals surface area contributed by atoms with Gasteiger partial charge in [0, 0.05) is 27.1 Å². The molecule has 0 spiro atoms. The molecule has 30 heavy (non-hydrogen) atoms. The highest BCUT2D eigenvalue weighted by molar-refractivity contribution is 7.99. The third-order valence-electron chi connectivity index (χ3n) is 4.28. The highest BCUT2D eigenvalue weighted by atomic mass is 32.2. The van der Waals surface area contributed by atoms with Crippen LogP contribution in [-0.2, 0) is 9.59 Å². The fraction of sp³-hybridized carbons (Fsp3) is 0.136. The first-order valence-corrected chi connectivity index (χ1v) is 10.0. The van der Waals surface area contributed by atoms with Crippen molar-refractivity contribution in [3.8, 4) is 0 Å². The van der Waals surface area contributed by atoms with Crippen molar-refractivity contribution in [2.24, 2.45) is 5.10 Å². The van der Waals surface area contributed by atoms with E-state index in [9.17, 15) is 14.7 Å². The van der Waals surface area contributed by atoms with Gasteiger partial charge in [-0.1, -0.05) is 36.0 Å². The Morgan fingerprint density at radius 1 is 1.10 bits per heavy atom. The van der Waals surface area contributed by atoms with E-state index in [0.717, 1.165) is 15.4 Å². The van der Waals surface area contributed by atoms with Crippen molar-refractivity contribution in [2.45, 2.75) is 23.6 Å². The second-order valence-electron chi connectivity index (χ2n) is 6.26. The first-order valence-electron chi connectivity index (χ1n) is 9.22. The van der Waals surface area contributed by atoms with Crippen LogP contribution in [0.1, 0.15) is 25.0 Å². The van der Waals surface area contributed by atoms with Gasteiger partial charge in [0.25, 0.3) is 5.91 Å². The van der Waals surface area contributed by atoms with Crippen molar-refractivity contribution < 1.29 is 19.8 Å². The van der Waals surface area contributed by atoms with Crippen molar-refractivity contribution in [1.82, 2.24) is 10.3 Å². The van der Waals surface area contributed by atoms with Crippen molar-refractivity contribution in [3.05, 3.63) is 71.4 Å². The second-order valence-corrected chi connectivity index (χ2v) is 7.40. The number of benzene rings is 2. The molecule has 0 aromatic heterocycles. The van der Waals surface area contributed by atoms with Crippen LogP contribution < -0.4 is 5.32 Å². The maximum Gasteiger partial charge on any atom is 0.322 e. The number of nitrogens with one attached hydrogen (secondary N) is 1. The predicted octanol–water partition coefficient (Wildman–Crippen LogP) is 3.95. The van der Waals surface area contributed by atoms with Crippen molar-refractivity contribution >= 4 is 41.3 Å². The van der Waals surface area contributed by atoms with Crippen LogP contribution in [0.2, 0.25) is 0 Å². The van der Waals surface area contributed by atoms with E-state index in [1.54, 1.807) is 30.8 Å². The smallest absolute Gasteiger partial charge is 0.322 e. The zero-order valence-corrected chi connectivity index (χ0v) is 17.3. The van der Waals surface area contributed by atoms with Gasteiger partial charge in [-0.25, -0.2) is 5.01 Å². The topological polar surface area (TPSA) is 102 Å². The molecule has 1 aliphatic heterocycles. The summed E-state index contributed by atoms with van der Waals surface area (Å²) in [6, 6.07) is 15.5. The van der Waals surface area contributed by atoms with Gasteiger partial charge in [0.05, 0.1) is 5.70 Å². The Hall–Kier alpha value is -3.52. The molecule has 0 saturated heterocycles. The number of carboxylic acids is 1. The molecule has 8 heteroatoms. The number of carboxylic acid groups (broad SMARTS) is 1. The Morgan fingerprint density at radius 2 is 1.83 bits per heavy atom. The molecule has 0 atom stereocenters. The lowest BCUT2D eigenvalue weighted by Gasteiger charge is -2.31. The molecule has 0 saturated carbocycles. The Balaban J connectivity index is 2.07. The number of nitrogens with zero attached hydrogens (tertiary/aromatic N) is 2. The number of hydrogen-bond acceptors (Lipinski definition) is 6. The third-order valence-corrected chi connectivity index (χ3v) is 5.28. The maximum atomic E-state index is 12.6. The number of allylic oxidation sites excluding steroid dienone is 1. The van der Waals surface area contributed by atoms with Crippen LogP contribution in [0.15, 0.2) is 75.2 Å². The second kappa shape index (κ2) is 9.32. The van der Waals surface area contributed by atoms with Crippen LogP contribution >= 0.6 is 11.8 Å². The number of aliphatic hydroxyl groups is 1. The lowest BCUT2D eigenvalue weighted by Crippen LogP contribution is -2.37. The van der Waals surface area contributed by atoms with Gasteiger partial charge in [0.2, 0.25) is 0 Å². The molecule has 0 bridgehead atoms. The molecule has 2 aromatic carbocycles. The molecule has 0 radical (unpaired) electrons. The van der Waals surface area contributed by atoms with E-state index in [2.05, 4.69) is 10.4 Å². The van der Waals surface area contributed by atoms with Crippen molar-refractivity contribution in [3.63, 3.8) is 0 Å². The van der Waals surface area contributed by atoms with E-state index in [1.807, 2.05) is 49.4 Å². The number of carbonyl (C=O) groups is 2. The quantitative estimate of drug-likeness (QED) is 0.608. The molecular formula is C22H21N3O4S. The molecule has 7 nitrogen and oxygen atoms in total. The maximum absolute atomic E-state index is 12.6. The monoisotopic (exact) mass is 423 g/mol. The summed E-state index contributed by atoms with van der Waals surface area (Å²) in [7, 11) is 0. The van der Waals surface area contributed by atoms with Crippen molar-refractivity contribution in [2.75, 3.05) is 6.54 Å². The normalized spacial score (nSPS) is 14.9. The van der Waals surface area contributed by atoms with Gasteiger partial charge >= 0.3 is 5.97 Å². The van der Waals surface area contributed by atoms with Crippen LogP contribution in [0.3, 0.4) is 0 Å². The Labute approximate surface area is 178 Å². The van der Waals surface area contributed by atoms with E-state index in [4.69, 9.17) is 5.11 Å². The average molecular weight is 423 g/mol. The van der Waals surface area contributed by atoms with Gasteiger partial charge in [-0.15, -0.1) is 0 Å². The van der Waals surface area contributed by atoms with E-state index < -0.39 is 18.4 Å². The van der Waals surface area contributed by atoms with Crippen LogP contribution in [0.5, 0.6) is 0 Å². The molecule has 2 aromatic rings. The fourth-order valence-corrected chi connectivity index (χ4v) is 3.93. The SMILES string of the molecule is C/C=N\N1C(C(=O)NCC(=O)O)=C(O)c2ccc(Sc3ccccc3)cc2/C1=C\C. The van der Waals surface area contributed by atoms with Gasteiger partial charge in [0.1, 0.15) is 6.54 Å². The van der Waals surface area contributed by atoms with Gasteiger partial charge in [-0.05, 0) is 44.2 Å². The molecule has 1 amide bonds. The van der Waals surface area contributed by atoms with Gasteiger partial charge in [0.15, 0.2) is 11.5 Å². The first-order chi connectivity index (χ1) is 14.5. The van der Waals surface area contributed by atoms with Crippen molar-refractivity contribution in [1.29, 1.82) is 0 Å². The summed E-state index contributed by atoms with van der Waals surface area (Å²) in [5.41, 5.74) is 1.68. The summed E-state index contributed by atoms with van der Waals surface area (Å²) < 4.78 is 0. The minimum Gasteiger partial charge on any atom is -0.505 e. The van der Waals surface area contributed by atoms with E-state index >= 15 is 0 Å². The number of hydrogen-bond donors (Lipinski definition) is 3. The van der Waals surface area contributed by atoms with Gasteiger partial charge in [-0.3, -0.25) is 9.59 Å². The van der Waals surface area contributed by atoms with E-state index in [1.165, 1.54) is 11.2 Å². The van der Waals surface area contributed by atoms with Crippen LogP contribution in [-0.4, -0.2) is 39.9 Å². The van der Waals surface area contributed by atoms with Crippen LogP contribution in [0.25, 0.3) is 11.5 Å². The Kier molecular flexibility index (Phi) is 6.58. The number of carbonyl (C=O) groups excluding carboxylic acids is 1. The standard InChI is InChI=1S/C22H21N3O4S/c1-3-18-17-12-15(30-14-8-6-5-7-9-14)10-11-16(17)21(28)20(25(18)24-4-2)22(29)23-13-19(26)27/h3-12,28H,13H2,1-2H3,(H,23,29)(H,26,27)/b18-3+,24-4-. The zero-order valence-electron chi connectivity index (χ0n) is 16.5. The average Bonchev–Trinajstić information content (AvgIpc) is 2.73. The fourth-order valence-electron chi connectivity index (χ4n) is 3.05. The van der Waals surface area contributed by atoms with Gasteiger partial charge in [-0.2, -0.15) is 5.10 Å². The summed E-state index contributed by atoms with van der Waals surface area (Å²) in [6.45, 7) is 2.93. The highest BCUT2D eigenvalue weighted by Crippen LogP contribution is 2.40. The minimum absolute atomic E-state index is 0.126. The van der Waals surface area contributed by atoms with Crippen LogP contribution in [0, 0.1) is 0 Å².